The van der Waals surface area contributed by atoms with Crippen LogP contribution in [0.5, 0.6) is 5.75 Å². The zero-order valence-electron chi connectivity index (χ0n) is 17.3. The van der Waals surface area contributed by atoms with Gasteiger partial charge in [-0.2, -0.15) is 0 Å². The van der Waals surface area contributed by atoms with Crippen LogP contribution in [0.25, 0.3) is 0 Å². The van der Waals surface area contributed by atoms with Gasteiger partial charge < -0.3 is 45.2 Å². The number of aliphatic hydroxyl groups is 3. The lowest BCUT2D eigenvalue weighted by atomic mass is 9.97. The topological polar surface area (TPSA) is 178 Å². The van der Waals surface area contributed by atoms with Crippen molar-refractivity contribution in [3.8, 4) is 18.1 Å². The molecule has 178 valence electrons. The number of amides is 2. The van der Waals surface area contributed by atoms with Crippen LogP contribution in [0.15, 0.2) is 24.3 Å². The van der Waals surface area contributed by atoms with Crippen LogP contribution in [-0.2, 0) is 9.30 Å². The lowest BCUT2D eigenvalue weighted by molar-refractivity contribution is -0.272. The van der Waals surface area contributed by atoms with E-state index in [1.54, 1.807) is 12.1 Å². The summed E-state index contributed by atoms with van der Waals surface area (Å²) in [5, 5.41) is 35.5. The Labute approximate surface area is 185 Å². The molecule has 11 nitrogen and oxygen atoms in total. The fraction of sp³-hybridized carbons (Fsp3) is 0.550. The van der Waals surface area contributed by atoms with Crippen LogP contribution < -0.4 is 15.4 Å². The number of unbranched alkanes of at least 4 members (excludes halogenated alkanes) is 2. The monoisotopic (exact) mass is 472 g/mol. The molecule has 0 spiro atoms. The molecule has 1 aliphatic heterocycles. The standard InChI is InChI=1S/C20H29N2O9P/c1-2-3-4-5-11-21-20(26)22-13-6-8-14(9-7-13)30-19-18(25)17(24)16(23)15(31-19)10-12-32(27,28)29/h1,6-9,15-19,23-25H,3-5,10-12H2,(H2,21,22,26)(H2,27,28,29)/t15-,16-,17+,18+,19-/m1/s1. The largest absolute Gasteiger partial charge is 0.462 e. The maximum atomic E-state index is 11.9. The maximum Gasteiger partial charge on any atom is 0.325 e. The number of urea groups is 1. The molecule has 12 heteroatoms. The number of carbonyl (C=O) groups is 1. The van der Waals surface area contributed by atoms with E-state index in [1.807, 2.05) is 0 Å². The van der Waals surface area contributed by atoms with Gasteiger partial charge in [0.15, 0.2) is 0 Å². The van der Waals surface area contributed by atoms with Gasteiger partial charge in [0.1, 0.15) is 24.1 Å². The molecule has 0 unspecified atom stereocenters. The van der Waals surface area contributed by atoms with Gasteiger partial charge in [-0.1, -0.05) is 0 Å². The third kappa shape index (κ3) is 8.41. The Bertz CT molecular complexity index is 823. The molecular formula is C20H29N2O9P. The average molecular weight is 472 g/mol. The fourth-order valence-corrected chi connectivity index (χ4v) is 3.62. The SMILES string of the molecule is C#CCCCCNC(=O)Nc1ccc(O[C@@H]2O[C@H](CCP(=O)(O)O)[C@@H](O)[C@H](O)[C@@H]2O)cc1. The summed E-state index contributed by atoms with van der Waals surface area (Å²) < 4.78 is 22.0. The smallest absolute Gasteiger partial charge is 0.325 e. The van der Waals surface area contributed by atoms with E-state index in [0.717, 1.165) is 12.8 Å². The first-order valence-electron chi connectivity index (χ1n) is 10.1. The van der Waals surface area contributed by atoms with Crippen LogP contribution in [0.1, 0.15) is 25.7 Å². The average Bonchev–Trinajstić information content (AvgIpc) is 2.74. The molecule has 5 atom stereocenters. The summed E-state index contributed by atoms with van der Waals surface area (Å²) >= 11 is 0. The quantitative estimate of drug-likeness (QED) is 0.144. The number of rotatable bonds is 10. The Morgan fingerprint density at radius 3 is 2.44 bits per heavy atom. The van der Waals surface area contributed by atoms with Crippen molar-refractivity contribution in [3.63, 3.8) is 0 Å². The van der Waals surface area contributed by atoms with E-state index in [2.05, 4.69) is 16.6 Å². The number of nitrogens with one attached hydrogen (secondary N) is 2. The second-order valence-electron chi connectivity index (χ2n) is 7.38. The summed E-state index contributed by atoms with van der Waals surface area (Å²) in [4.78, 5) is 29.9. The number of anilines is 1. The first-order chi connectivity index (χ1) is 15.1. The molecule has 2 rings (SSSR count). The highest BCUT2D eigenvalue weighted by atomic mass is 31.2. The van der Waals surface area contributed by atoms with Gasteiger partial charge in [0.05, 0.1) is 12.3 Å². The Balaban J connectivity index is 1.89. The molecule has 1 aromatic rings. The fourth-order valence-electron chi connectivity index (χ4n) is 3.03. The van der Waals surface area contributed by atoms with E-state index >= 15 is 0 Å². The minimum atomic E-state index is -4.33. The van der Waals surface area contributed by atoms with Crippen molar-refractivity contribution < 1.29 is 43.9 Å². The number of aliphatic hydroxyl groups excluding tert-OH is 3. The highest BCUT2D eigenvalue weighted by molar-refractivity contribution is 7.51. The molecule has 1 aliphatic rings. The number of hydrogen-bond acceptors (Lipinski definition) is 7. The van der Waals surface area contributed by atoms with Crippen LogP contribution in [0.2, 0.25) is 0 Å². The molecule has 1 fully saturated rings. The van der Waals surface area contributed by atoms with Crippen molar-refractivity contribution in [1.29, 1.82) is 0 Å². The zero-order chi connectivity index (χ0) is 23.7. The highest BCUT2D eigenvalue weighted by Gasteiger charge is 2.45. The summed E-state index contributed by atoms with van der Waals surface area (Å²) in [6.07, 6.45) is -0.649. The third-order valence-electron chi connectivity index (χ3n) is 4.77. The third-order valence-corrected chi connectivity index (χ3v) is 5.61. The van der Waals surface area contributed by atoms with Crippen LogP contribution in [0, 0.1) is 12.3 Å². The summed E-state index contributed by atoms with van der Waals surface area (Å²) in [6.45, 7) is 0.489. The van der Waals surface area contributed by atoms with Gasteiger partial charge >= 0.3 is 13.6 Å². The van der Waals surface area contributed by atoms with Crippen LogP contribution in [0.4, 0.5) is 10.5 Å². The summed E-state index contributed by atoms with van der Waals surface area (Å²) in [5.41, 5.74) is 0.485. The molecule has 7 N–H and O–H groups in total. The van der Waals surface area contributed by atoms with Gasteiger partial charge in [0.25, 0.3) is 0 Å². The Morgan fingerprint density at radius 1 is 1.12 bits per heavy atom. The van der Waals surface area contributed by atoms with Gasteiger partial charge in [-0.15, -0.1) is 12.3 Å². The molecule has 0 saturated carbocycles. The summed E-state index contributed by atoms with van der Waals surface area (Å²) in [6, 6.07) is 5.73. The molecule has 0 aromatic heterocycles. The van der Waals surface area contributed by atoms with Crippen molar-refractivity contribution in [2.24, 2.45) is 0 Å². The van der Waals surface area contributed by atoms with E-state index in [4.69, 9.17) is 25.7 Å². The molecule has 0 radical (unpaired) electrons. The first kappa shape index (κ1) is 26.1. The molecular weight excluding hydrogens is 443 g/mol. The van der Waals surface area contributed by atoms with Gasteiger partial charge in [-0.05, 0) is 43.5 Å². The molecule has 32 heavy (non-hydrogen) atoms. The number of terminal acetylenes is 1. The molecule has 1 heterocycles. The van der Waals surface area contributed by atoms with E-state index < -0.39 is 44.5 Å². The molecule has 2 amide bonds. The van der Waals surface area contributed by atoms with Gasteiger partial charge in [-0.25, -0.2) is 4.79 Å². The van der Waals surface area contributed by atoms with E-state index in [0.29, 0.717) is 18.7 Å². The van der Waals surface area contributed by atoms with Crippen molar-refractivity contribution in [2.75, 3.05) is 18.0 Å². The first-order valence-corrected chi connectivity index (χ1v) is 11.9. The van der Waals surface area contributed by atoms with E-state index in [-0.39, 0.29) is 18.2 Å². The zero-order valence-corrected chi connectivity index (χ0v) is 18.2. The van der Waals surface area contributed by atoms with Crippen molar-refractivity contribution >= 4 is 19.3 Å². The Kier molecular flexibility index (Phi) is 9.93. The normalized spacial score (nSPS) is 25.6. The lowest BCUT2D eigenvalue weighted by Crippen LogP contribution is -2.59. The van der Waals surface area contributed by atoms with Gasteiger partial charge in [-0.3, -0.25) is 4.57 Å². The molecule has 0 aliphatic carbocycles. The predicted molar refractivity (Wildman–Crippen MR) is 115 cm³/mol. The molecule has 1 saturated heterocycles. The van der Waals surface area contributed by atoms with Crippen LogP contribution in [0.3, 0.4) is 0 Å². The second kappa shape index (κ2) is 12.2. The molecule has 1 aromatic carbocycles. The van der Waals surface area contributed by atoms with Crippen molar-refractivity contribution in [3.05, 3.63) is 24.3 Å². The van der Waals surface area contributed by atoms with Crippen molar-refractivity contribution in [1.82, 2.24) is 5.32 Å². The summed E-state index contributed by atoms with van der Waals surface area (Å²) in [7, 11) is -4.33. The highest BCUT2D eigenvalue weighted by Crippen LogP contribution is 2.37. The summed E-state index contributed by atoms with van der Waals surface area (Å²) in [5.74, 6) is 2.77. The Morgan fingerprint density at radius 2 is 1.81 bits per heavy atom. The molecule has 0 bridgehead atoms. The van der Waals surface area contributed by atoms with E-state index in [1.165, 1.54) is 12.1 Å². The minimum Gasteiger partial charge on any atom is -0.462 e. The number of hydrogen-bond donors (Lipinski definition) is 7. The van der Waals surface area contributed by atoms with Gasteiger partial charge in [0.2, 0.25) is 6.29 Å². The van der Waals surface area contributed by atoms with Crippen molar-refractivity contribution in [2.45, 2.75) is 56.4 Å². The number of benzene rings is 1. The minimum absolute atomic E-state index is 0.240. The van der Waals surface area contributed by atoms with Crippen LogP contribution in [-0.4, -0.2) is 74.6 Å². The second-order valence-corrected chi connectivity index (χ2v) is 9.15. The number of ether oxygens (including phenoxy) is 2. The predicted octanol–water partition coefficient (Wildman–Crippen LogP) is 0.366. The Hall–Kier alpha value is -2.16. The van der Waals surface area contributed by atoms with Gasteiger partial charge in [0, 0.05) is 18.7 Å². The van der Waals surface area contributed by atoms with Crippen LogP contribution >= 0.6 is 7.60 Å². The maximum absolute atomic E-state index is 11.9. The lowest BCUT2D eigenvalue weighted by Gasteiger charge is -2.40. The number of carbonyl (C=O) groups excluding carboxylic acids is 1. The van der Waals surface area contributed by atoms with E-state index in [9.17, 15) is 24.7 Å².